The predicted octanol–water partition coefficient (Wildman–Crippen LogP) is 26.7. The van der Waals surface area contributed by atoms with E-state index in [1.807, 2.05) is 0 Å². The zero-order valence-corrected chi connectivity index (χ0v) is 56.9. The predicted molar refractivity (Wildman–Crippen MR) is 371 cm³/mol. The van der Waals surface area contributed by atoms with Gasteiger partial charge in [-0.15, -0.1) is 0 Å². The van der Waals surface area contributed by atoms with E-state index in [0.29, 0.717) is 12.8 Å². The van der Waals surface area contributed by atoms with E-state index in [0.717, 1.165) is 57.8 Å². The lowest BCUT2D eigenvalue weighted by Crippen LogP contribution is -2.28. The van der Waals surface area contributed by atoms with E-state index in [1.54, 1.807) is 0 Å². The van der Waals surface area contributed by atoms with Crippen LogP contribution in [-0.4, -0.2) is 36.4 Å². The molecule has 5 nitrogen and oxygen atoms in total. The van der Waals surface area contributed by atoms with Crippen molar-refractivity contribution in [2.24, 2.45) is 0 Å². The molecule has 1 atom stereocenters. The molecule has 0 amide bonds. The number of aliphatic hydroxyl groups excluding tert-OH is 1. The quantitative estimate of drug-likeness (QED) is 0.0373. The molecule has 0 aromatic heterocycles. The Kier molecular flexibility index (Phi) is 73.2. The van der Waals surface area contributed by atoms with Gasteiger partial charge in [-0.25, -0.2) is 0 Å². The van der Waals surface area contributed by atoms with Crippen LogP contribution >= 0.6 is 0 Å². The highest BCUT2D eigenvalue weighted by Crippen LogP contribution is 2.20. The molecular weight excluding hydrogens is 1030 g/mol. The summed E-state index contributed by atoms with van der Waals surface area (Å²) in [5.74, 6) is -0.566. The Morgan fingerprint density at radius 3 is 0.774 bits per heavy atom. The van der Waals surface area contributed by atoms with Crippen molar-refractivity contribution >= 4 is 11.9 Å². The van der Waals surface area contributed by atoms with Crippen LogP contribution < -0.4 is 0 Å². The van der Waals surface area contributed by atoms with Crippen LogP contribution in [0.3, 0.4) is 0 Å². The van der Waals surface area contributed by atoms with Gasteiger partial charge in [-0.1, -0.05) is 409 Å². The van der Waals surface area contributed by atoms with E-state index >= 15 is 0 Å². The number of esters is 2. The average Bonchev–Trinajstić information content (AvgIpc) is 3.51. The number of aliphatic hydroxyl groups is 1. The first-order chi connectivity index (χ1) is 41.6. The molecule has 1 unspecified atom stereocenters. The Bertz CT molecular complexity index is 1380. The first kappa shape index (κ1) is 81.9. The molecule has 0 aromatic rings. The Hall–Kier alpha value is -2.14. The first-order valence-corrected chi connectivity index (χ1v) is 38.2. The van der Waals surface area contributed by atoms with Crippen LogP contribution in [0.25, 0.3) is 0 Å². The van der Waals surface area contributed by atoms with E-state index in [1.165, 1.54) is 340 Å². The highest BCUT2D eigenvalue weighted by molar-refractivity contribution is 5.70. The number of ether oxygens (including phenoxy) is 2. The minimum absolute atomic E-state index is 0.0597. The molecular formula is C79H148O5. The van der Waals surface area contributed by atoms with Gasteiger partial charge in [-0.3, -0.25) is 9.59 Å². The molecule has 0 bridgehead atoms. The van der Waals surface area contributed by atoms with Crippen molar-refractivity contribution in [1.29, 1.82) is 0 Å². The first-order valence-electron chi connectivity index (χ1n) is 38.2. The second kappa shape index (κ2) is 75.1. The molecule has 494 valence electrons. The highest BCUT2D eigenvalue weighted by atomic mass is 16.6. The number of rotatable bonds is 72. The van der Waals surface area contributed by atoms with Gasteiger partial charge in [-0.05, 0) is 51.4 Å². The minimum atomic E-state index is -0.771. The fraction of sp³-hybridized carbons (Fsp3) is 0.873. The maximum absolute atomic E-state index is 12.4. The molecule has 0 fully saturated rings. The number of allylic oxidation sites excluding steroid dienone is 8. The summed E-state index contributed by atoms with van der Waals surface area (Å²) in [5, 5.41) is 9.72. The normalized spacial score (nSPS) is 12.4. The van der Waals surface area contributed by atoms with Gasteiger partial charge in [0.05, 0.1) is 6.61 Å². The molecule has 84 heavy (non-hydrogen) atoms. The summed E-state index contributed by atoms with van der Waals surface area (Å²) in [6.07, 6.45) is 102. The lowest BCUT2D eigenvalue weighted by molar-refractivity contribution is -0.161. The third kappa shape index (κ3) is 72.3. The average molecular weight is 1180 g/mol. The molecule has 1 N–H and O–H groups in total. The summed E-state index contributed by atoms with van der Waals surface area (Å²) in [5.41, 5.74) is 0. The van der Waals surface area contributed by atoms with Crippen LogP contribution in [0.1, 0.15) is 425 Å². The summed E-state index contributed by atoms with van der Waals surface area (Å²) in [6.45, 7) is 4.10. The smallest absolute Gasteiger partial charge is 0.306 e. The van der Waals surface area contributed by atoms with Gasteiger partial charge in [0.1, 0.15) is 6.61 Å². The molecule has 5 heteroatoms. The molecule has 0 heterocycles. The van der Waals surface area contributed by atoms with E-state index in [-0.39, 0.29) is 25.2 Å². The third-order valence-corrected chi connectivity index (χ3v) is 17.6. The Morgan fingerprint density at radius 2 is 0.512 bits per heavy atom. The van der Waals surface area contributed by atoms with Gasteiger partial charge < -0.3 is 14.6 Å². The standard InChI is InChI=1S/C79H148O5/c1-3-5-7-9-11-13-15-17-19-21-23-25-27-29-31-33-35-36-37-38-39-40-41-42-44-45-47-49-51-53-55-57-59-61-63-65-67-69-71-73-78(81)83-76-77(75-80)84-79(82)74-72-70-68-66-64-62-60-58-56-54-52-50-48-46-43-34-32-30-28-26-24-22-20-18-16-14-12-10-8-6-4-2/h6,8,12,14,18,20,24,26,77,80H,3-5,7,9-11,13,15-17,19,21-23,25,27-76H2,1-2H3/b8-6-,14-12-,20-18-,26-24-. The van der Waals surface area contributed by atoms with Crippen LogP contribution in [0, 0.1) is 0 Å². The molecule has 0 aliphatic heterocycles. The lowest BCUT2D eigenvalue weighted by Gasteiger charge is -2.15. The van der Waals surface area contributed by atoms with Crippen molar-refractivity contribution in [3.63, 3.8) is 0 Å². The van der Waals surface area contributed by atoms with Gasteiger partial charge in [-0.2, -0.15) is 0 Å². The maximum atomic E-state index is 12.4. The lowest BCUT2D eigenvalue weighted by atomic mass is 10.0. The van der Waals surface area contributed by atoms with Gasteiger partial charge in [0.15, 0.2) is 6.10 Å². The number of hydrogen-bond acceptors (Lipinski definition) is 5. The molecule has 0 saturated carbocycles. The summed E-state index contributed by atoms with van der Waals surface area (Å²) in [4.78, 5) is 24.7. The van der Waals surface area contributed by atoms with Crippen molar-refractivity contribution in [3.8, 4) is 0 Å². The van der Waals surface area contributed by atoms with Crippen molar-refractivity contribution in [2.45, 2.75) is 431 Å². The summed E-state index contributed by atoms with van der Waals surface area (Å²) in [6, 6.07) is 0. The van der Waals surface area contributed by atoms with E-state index in [9.17, 15) is 14.7 Å². The van der Waals surface area contributed by atoms with Crippen LogP contribution in [0.4, 0.5) is 0 Å². The Balaban J connectivity index is 3.36. The van der Waals surface area contributed by atoms with E-state index in [2.05, 4.69) is 62.5 Å². The molecule has 0 aromatic carbocycles. The van der Waals surface area contributed by atoms with Crippen LogP contribution in [-0.2, 0) is 19.1 Å². The third-order valence-electron chi connectivity index (χ3n) is 17.6. The number of unbranched alkanes of at least 4 members (excludes halogenated alkanes) is 56. The van der Waals surface area contributed by atoms with Crippen LogP contribution in [0.15, 0.2) is 48.6 Å². The molecule has 0 radical (unpaired) electrons. The maximum Gasteiger partial charge on any atom is 0.306 e. The molecule has 0 spiro atoms. The molecule has 0 saturated heterocycles. The highest BCUT2D eigenvalue weighted by Gasteiger charge is 2.16. The monoisotopic (exact) mass is 1180 g/mol. The second-order valence-electron chi connectivity index (χ2n) is 26.1. The Labute approximate surface area is 526 Å². The summed E-state index contributed by atoms with van der Waals surface area (Å²) < 4.78 is 10.8. The second-order valence-corrected chi connectivity index (χ2v) is 26.1. The minimum Gasteiger partial charge on any atom is -0.462 e. The molecule has 0 rings (SSSR count). The van der Waals surface area contributed by atoms with Crippen molar-refractivity contribution in [2.75, 3.05) is 13.2 Å². The van der Waals surface area contributed by atoms with Gasteiger partial charge in [0.2, 0.25) is 0 Å². The SMILES string of the molecule is CC/C=C\C/C=C\C/C=C\C/C=C\CCCCCCCCCCCCCCCCCCCCC(=O)OC(CO)COC(=O)CCCCCCCCCCCCCCCCCCCCCCCCCCCCCCCCCCCCCCCCC. The number of carbonyl (C=O) groups excluding carboxylic acids is 2. The van der Waals surface area contributed by atoms with Crippen LogP contribution in [0.5, 0.6) is 0 Å². The molecule has 0 aliphatic carbocycles. The zero-order valence-electron chi connectivity index (χ0n) is 56.9. The number of carbonyl (C=O) groups is 2. The van der Waals surface area contributed by atoms with E-state index in [4.69, 9.17) is 9.47 Å². The van der Waals surface area contributed by atoms with Gasteiger partial charge >= 0.3 is 11.9 Å². The zero-order chi connectivity index (χ0) is 60.5. The summed E-state index contributed by atoms with van der Waals surface area (Å²) in [7, 11) is 0. The largest absolute Gasteiger partial charge is 0.462 e. The molecule has 0 aliphatic rings. The fourth-order valence-corrected chi connectivity index (χ4v) is 12.0. The van der Waals surface area contributed by atoms with Gasteiger partial charge in [0.25, 0.3) is 0 Å². The van der Waals surface area contributed by atoms with Crippen molar-refractivity contribution in [3.05, 3.63) is 48.6 Å². The van der Waals surface area contributed by atoms with Crippen molar-refractivity contribution < 1.29 is 24.2 Å². The fourth-order valence-electron chi connectivity index (χ4n) is 12.0. The number of hydrogen-bond donors (Lipinski definition) is 1. The summed E-state index contributed by atoms with van der Waals surface area (Å²) >= 11 is 0. The topological polar surface area (TPSA) is 72.8 Å². The Morgan fingerprint density at radius 1 is 0.286 bits per heavy atom. The van der Waals surface area contributed by atoms with Crippen LogP contribution in [0.2, 0.25) is 0 Å². The van der Waals surface area contributed by atoms with E-state index < -0.39 is 6.10 Å². The van der Waals surface area contributed by atoms with Gasteiger partial charge in [0, 0.05) is 12.8 Å². The van der Waals surface area contributed by atoms with Crippen molar-refractivity contribution in [1.82, 2.24) is 0 Å².